The summed E-state index contributed by atoms with van der Waals surface area (Å²) in [4.78, 5) is 0. The topological polar surface area (TPSA) is 33.3 Å². The summed E-state index contributed by atoms with van der Waals surface area (Å²) in [6.45, 7) is 3.05. The Morgan fingerprint density at radius 3 is 2.82 bits per heavy atom. The van der Waals surface area contributed by atoms with Crippen LogP contribution in [0.1, 0.15) is 24.8 Å². The zero-order chi connectivity index (χ0) is 14.7. The van der Waals surface area contributed by atoms with E-state index < -0.39 is 11.6 Å². The molecular formula is C16H23ClF2N2O. The van der Waals surface area contributed by atoms with Gasteiger partial charge in [0.25, 0.3) is 0 Å². The predicted octanol–water partition coefficient (Wildman–Crippen LogP) is 2.63. The summed E-state index contributed by atoms with van der Waals surface area (Å²) in [7, 11) is 0. The third-order valence-electron chi connectivity index (χ3n) is 4.59. The molecule has 3 rings (SSSR count). The van der Waals surface area contributed by atoms with E-state index in [1.165, 1.54) is 25.0 Å². The second-order valence-corrected chi connectivity index (χ2v) is 5.97. The maximum Gasteiger partial charge on any atom is 0.159 e. The van der Waals surface area contributed by atoms with Crippen molar-refractivity contribution in [3.8, 4) is 0 Å². The minimum atomic E-state index is -0.791. The van der Waals surface area contributed by atoms with Crippen molar-refractivity contribution in [1.29, 1.82) is 0 Å². The van der Waals surface area contributed by atoms with Gasteiger partial charge in [0.1, 0.15) is 0 Å². The molecule has 1 heterocycles. The summed E-state index contributed by atoms with van der Waals surface area (Å²) in [5.74, 6) is -1.02. The van der Waals surface area contributed by atoms with Gasteiger partial charge >= 0.3 is 0 Å². The lowest BCUT2D eigenvalue weighted by Gasteiger charge is -2.33. The number of hydrogen-bond donors (Lipinski definition) is 2. The summed E-state index contributed by atoms with van der Waals surface area (Å²) in [5.41, 5.74) is 0.785. The molecule has 1 aliphatic carbocycles. The molecule has 1 aromatic rings. The molecule has 1 saturated heterocycles. The second kappa shape index (κ2) is 8.20. The molecule has 0 radical (unpaired) electrons. The molecule has 3 unspecified atom stereocenters. The van der Waals surface area contributed by atoms with E-state index >= 15 is 0 Å². The minimum absolute atomic E-state index is 0. The second-order valence-electron chi connectivity index (χ2n) is 5.97. The van der Waals surface area contributed by atoms with Gasteiger partial charge in [-0.2, -0.15) is 0 Å². The van der Waals surface area contributed by atoms with Crippen LogP contribution in [0.2, 0.25) is 0 Å². The van der Waals surface area contributed by atoms with E-state index in [1.54, 1.807) is 6.07 Å². The maximum absolute atomic E-state index is 13.2. The first-order chi connectivity index (χ1) is 10.2. The van der Waals surface area contributed by atoms with E-state index in [9.17, 15) is 8.78 Å². The molecule has 0 spiro atoms. The third kappa shape index (κ3) is 4.16. The molecule has 0 amide bonds. The molecule has 0 aromatic heterocycles. The standard InChI is InChI=1S/C16H22F2N2O.ClH/c17-13-5-4-11(8-14(13)18)9-20-15-3-1-2-12(15)16-10-21-7-6-19-16;/h4-5,8,12,15-16,19-20H,1-3,6-7,9-10H2;1H. The van der Waals surface area contributed by atoms with E-state index in [2.05, 4.69) is 10.6 Å². The highest BCUT2D eigenvalue weighted by molar-refractivity contribution is 5.85. The van der Waals surface area contributed by atoms with E-state index in [1.807, 2.05) is 0 Å². The van der Waals surface area contributed by atoms with E-state index in [0.29, 0.717) is 24.5 Å². The van der Waals surface area contributed by atoms with Gasteiger partial charge in [0.15, 0.2) is 11.6 Å². The van der Waals surface area contributed by atoms with Crippen molar-refractivity contribution in [3.05, 3.63) is 35.4 Å². The van der Waals surface area contributed by atoms with Gasteiger partial charge in [-0.15, -0.1) is 12.4 Å². The Morgan fingerprint density at radius 1 is 1.23 bits per heavy atom. The van der Waals surface area contributed by atoms with Gasteiger partial charge in [-0.05, 0) is 36.5 Å². The van der Waals surface area contributed by atoms with E-state index in [4.69, 9.17) is 4.74 Å². The van der Waals surface area contributed by atoms with Crippen LogP contribution in [-0.4, -0.2) is 31.8 Å². The predicted molar refractivity (Wildman–Crippen MR) is 84.2 cm³/mol. The summed E-state index contributed by atoms with van der Waals surface area (Å²) in [6, 6.07) is 4.92. The van der Waals surface area contributed by atoms with Crippen LogP contribution in [0.3, 0.4) is 0 Å². The van der Waals surface area contributed by atoms with Crippen LogP contribution in [0, 0.1) is 17.6 Å². The fourth-order valence-corrected chi connectivity index (χ4v) is 3.48. The fourth-order valence-electron chi connectivity index (χ4n) is 3.48. The number of morpholine rings is 1. The Bertz CT molecular complexity index is 483. The van der Waals surface area contributed by atoms with Crippen LogP contribution >= 0.6 is 12.4 Å². The molecule has 1 saturated carbocycles. The molecule has 2 aliphatic rings. The lowest BCUT2D eigenvalue weighted by molar-refractivity contribution is 0.0524. The van der Waals surface area contributed by atoms with E-state index in [0.717, 1.165) is 31.7 Å². The average molecular weight is 333 g/mol. The van der Waals surface area contributed by atoms with E-state index in [-0.39, 0.29) is 12.4 Å². The highest BCUT2D eigenvalue weighted by atomic mass is 35.5. The number of benzene rings is 1. The minimum Gasteiger partial charge on any atom is -0.379 e. The van der Waals surface area contributed by atoms with Crippen molar-refractivity contribution >= 4 is 12.4 Å². The van der Waals surface area contributed by atoms with Crippen molar-refractivity contribution in [1.82, 2.24) is 10.6 Å². The Balaban J connectivity index is 0.00000176. The lowest BCUT2D eigenvalue weighted by Crippen LogP contribution is -2.50. The Morgan fingerprint density at radius 2 is 2.09 bits per heavy atom. The molecule has 2 N–H and O–H groups in total. The summed E-state index contributed by atoms with van der Waals surface area (Å²) in [5, 5.41) is 7.04. The summed E-state index contributed by atoms with van der Waals surface area (Å²) < 4.78 is 31.7. The van der Waals surface area contributed by atoms with Gasteiger partial charge in [0, 0.05) is 25.2 Å². The normalized spacial score (nSPS) is 28.4. The number of nitrogens with one attached hydrogen (secondary N) is 2. The van der Waals surface area contributed by atoms with Gasteiger partial charge in [-0.1, -0.05) is 12.5 Å². The summed E-state index contributed by atoms with van der Waals surface area (Å²) >= 11 is 0. The largest absolute Gasteiger partial charge is 0.379 e. The first-order valence-electron chi connectivity index (χ1n) is 7.72. The first kappa shape index (κ1) is 17.6. The lowest BCUT2D eigenvalue weighted by atomic mass is 9.94. The highest BCUT2D eigenvalue weighted by Gasteiger charge is 2.34. The molecule has 6 heteroatoms. The highest BCUT2D eigenvalue weighted by Crippen LogP contribution is 2.29. The van der Waals surface area contributed by atoms with Crippen LogP contribution in [0.15, 0.2) is 18.2 Å². The Hall–Kier alpha value is -0.750. The zero-order valence-corrected chi connectivity index (χ0v) is 13.3. The molecule has 3 nitrogen and oxygen atoms in total. The van der Waals surface area contributed by atoms with Gasteiger partial charge in [0.2, 0.25) is 0 Å². The van der Waals surface area contributed by atoms with Crippen LogP contribution in [0.5, 0.6) is 0 Å². The van der Waals surface area contributed by atoms with Crippen LogP contribution in [0.25, 0.3) is 0 Å². The van der Waals surface area contributed by atoms with Gasteiger partial charge in [-0.25, -0.2) is 8.78 Å². The van der Waals surface area contributed by atoms with Crippen molar-refractivity contribution < 1.29 is 13.5 Å². The van der Waals surface area contributed by atoms with Crippen molar-refractivity contribution in [2.45, 2.75) is 37.9 Å². The quantitative estimate of drug-likeness (QED) is 0.889. The van der Waals surface area contributed by atoms with Crippen molar-refractivity contribution in [2.75, 3.05) is 19.8 Å². The number of halogens is 3. The molecule has 3 atom stereocenters. The molecule has 2 fully saturated rings. The van der Waals surface area contributed by atoms with Gasteiger partial charge in [-0.3, -0.25) is 0 Å². The fraction of sp³-hybridized carbons (Fsp3) is 0.625. The average Bonchev–Trinajstić information content (AvgIpc) is 2.98. The molecule has 0 bridgehead atoms. The third-order valence-corrected chi connectivity index (χ3v) is 4.59. The van der Waals surface area contributed by atoms with Crippen LogP contribution in [0.4, 0.5) is 8.78 Å². The number of rotatable bonds is 4. The smallest absolute Gasteiger partial charge is 0.159 e. The molecule has 124 valence electrons. The first-order valence-corrected chi connectivity index (χ1v) is 7.72. The Kier molecular flexibility index (Phi) is 6.56. The summed E-state index contributed by atoms with van der Waals surface area (Å²) in [6.07, 6.45) is 3.53. The van der Waals surface area contributed by atoms with Gasteiger partial charge < -0.3 is 15.4 Å². The SMILES string of the molecule is Cl.Fc1ccc(CNC2CCCC2C2COCCN2)cc1F. The van der Waals surface area contributed by atoms with Crippen LogP contribution in [-0.2, 0) is 11.3 Å². The van der Waals surface area contributed by atoms with Crippen LogP contribution < -0.4 is 10.6 Å². The maximum atomic E-state index is 13.2. The monoisotopic (exact) mass is 332 g/mol. The molecule has 1 aliphatic heterocycles. The Labute approximate surface area is 136 Å². The molecule has 1 aromatic carbocycles. The van der Waals surface area contributed by atoms with Crippen molar-refractivity contribution in [2.24, 2.45) is 5.92 Å². The number of hydrogen-bond acceptors (Lipinski definition) is 3. The zero-order valence-electron chi connectivity index (χ0n) is 12.5. The molecule has 22 heavy (non-hydrogen) atoms. The number of ether oxygens (including phenoxy) is 1. The molecular weight excluding hydrogens is 310 g/mol. The van der Waals surface area contributed by atoms with Crippen molar-refractivity contribution in [3.63, 3.8) is 0 Å². The van der Waals surface area contributed by atoms with Gasteiger partial charge in [0.05, 0.1) is 13.2 Å².